The monoisotopic (exact) mass is 303 g/mol. The second kappa shape index (κ2) is 5.59. The van der Waals surface area contributed by atoms with Crippen molar-refractivity contribution >= 4 is 11.6 Å². The number of benzene rings is 1. The van der Waals surface area contributed by atoms with Crippen LogP contribution in [0, 0.1) is 29.6 Å². The molecule has 1 nitrogen and oxygen atoms in total. The van der Waals surface area contributed by atoms with Crippen molar-refractivity contribution in [3.8, 4) is 0 Å². The predicted octanol–water partition coefficient (Wildman–Crippen LogP) is 4.54. The summed E-state index contributed by atoms with van der Waals surface area (Å²) in [6, 6.07) is 8.97. The Balaban J connectivity index is 1.55. The summed E-state index contributed by atoms with van der Waals surface area (Å²) in [7, 11) is 2.15. The lowest BCUT2D eigenvalue weighted by Gasteiger charge is -2.56. The Morgan fingerprint density at radius 3 is 2.24 bits per heavy atom. The van der Waals surface area contributed by atoms with Crippen LogP contribution in [0.5, 0.6) is 0 Å². The molecule has 4 fully saturated rings. The van der Waals surface area contributed by atoms with Crippen molar-refractivity contribution in [3.05, 3.63) is 34.9 Å². The molecule has 0 radical (unpaired) electrons. The lowest BCUT2D eigenvalue weighted by atomic mass is 9.50. The Hall–Kier alpha value is -0.530. The quantitative estimate of drug-likeness (QED) is 0.861. The maximum atomic E-state index is 6.39. The van der Waals surface area contributed by atoms with E-state index in [-0.39, 0.29) is 0 Å². The molecule has 0 amide bonds. The standard InChI is InChI=1S/C19H26ClN/c1-21-18(11-14-4-2-3-5-17(14)20)19-15-7-12-6-13(9-15)10-16(19)8-12/h2-5,12-13,15-16,18-19,21H,6-11H2,1H3. The second-order valence-electron chi connectivity index (χ2n) is 7.70. The Morgan fingerprint density at radius 2 is 1.67 bits per heavy atom. The minimum absolute atomic E-state index is 0.597. The molecular weight excluding hydrogens is 278 g/mol. The molecule has 2 heteroatoms. The van der Waals surface area contributed by atoms with Gasteiger partial charge in [0.2, 0.25) is 0 Å². The van der Waals surface area contributed by atoms with Crippen LogP contribution in [-0.4, -0.2) is 13.1 Å². The fourth-order valence-corrected chi connectivity index (χ4v) is 6.17. The van der Waals surface area contributed by atoms with E-state index in [0.29, 0.717) is 6.04 Å². The van der Waals surface area contributed by atoms with E-state index in [9.17, 15) is 0 Å². The van der Waals surface area contributed by atoms with Crippen LogP contribution in [-0.2, 0) is 6.42 Å². The molecule has 1 aromatic carbocycles. The summed E-state index contributed by atoms with van der Waals surface area (Å²) in [5.41, 5.74) is 1.31. The Morgan fingerprint density at radius 1 is 1.05 bits per heavy atom. The van der Waals surface area contributed by atoms with Gasteiger partial charge in [0.1, 0.15) is 0 Å². The van der Waals surface area contributed by atoms with E-state index in [0.717, 1.165) is 41.0 Å². The summed E-state index contributed by atoms with van der Waals surface area (Å²) in [6.07, 6.45) is 8.62. The summed E-state index contributed by atoms with van der Waals surface area (Å²) >= 11 is 6.39. The molecule has 4 aliphatic rings. The minimum Gasteiger partial charge on any atom is -0.316 e. The molecule has 1 unspecified atom stereocenters. The first kappa shape index (κ1) is 14.1. The van der Waals surface area contributed by atoms with E-state index in [2.05, 4.69) is 24.5 Å². The topological polar surface area (TPSA) is 12.0 Å². The van der Waals surface area contributed by atoms with Crippen LogP contribution in [0.1, 0.15) is 37.7 Å². The Kier molecular flexibility index (Phi) is 3.75. The fraction of sp³-hybridized carbons (Fsp3) is 0.684. The van der Waals surface area contributed by atoms with E-state index in [1.165, 1.54) is 37.7 Å². The van der Waals surface area contributed by atoms with Gasteiger partial charge < -0.3 is 5.32 Å². The first-order valence-corrected chi connectivity index (χ1v) is 9.03. The largest absolute Gasteiger partial charge is 0.316 e. The lowest BCUT2D eigenvalue weighted by molar-refractivity contribution is -0.0507. The maximum absolute atomic E-state index is 6.39. The highest BCUT2D eigenvalue weighted by Gasteiger charge is 2.50. The predicted molar refractivity (Wildman–Crippen MR) is 88.5 cm³/mol. The van der Waals surface area contributed by atoms with Crippen LogP contribution in [0.25, 0.3) is 0 Å². The highest BCUT2D eigenvalue weighted by molar-refractivity contribution is 6.31. The summed E-state index contributed by atoms with van der Waals surface area (Å²) in [5.74, 6) is 4.93. The molecule has 21 heavy (non-hydrogen) atoms. The third-order valence-corrected chi connectivity index (χ3v) is 6.90. The SMILES string of the molecule is CNC(Cc1ccccc1Cl)C1C2CC3CC(C2)CC1C3. The van der Waals surface area contributed by atoms with Gasteiger partial charge in [0, 0.05) is 11.1 Å². The summed E-state index contributed by atoms with van der Waals surface area (Å²) in [5, 5.41) is 4.58. The smallest absolute Gasteiger partial charge is 0.0438 e. The van der Waals surface area contributed by atoms with Crippen LogP contribution >= 0.6 is 11.6 Å². The molecule has 0 aromatic heterocycles. The fourth-order valence-electron chi connectivity index (χ4n) is 5.96. The zero-order chi connectivity index (χ0) is 14.4. The van der Waals surface area contributed by atoms with Crippen LogP contribution in [0.4, 0.5) is 0 Å². The highest BCUT2D eigenvalue weighted by Crippen LogP contribution is 2.57. The van der Waals surface area contributed by atoms with E-state index < -0.39 is 0 Å². The van der Waals surface area contributed by atoms with Crippen molar-refractivity contribution in [1.82, 2.24) is 5.32 Å². The van der Waals surface area contributed by atoms with Gasteiger partial charge in [-0.05, 0) is 86.8 Å². The average molecular weight is 304 g/mol. The molecule has 4 bridgehead atoms. The van der Waals surface area contributed by atoms with Gasteiger partial charge in [0.05, 0.1) is 0 Å². The van der Waals surface area contributed by atoms with Crippen LogP contribution in [0.15, 0.2) is 24.3 Å². The van der Waals surface area contributed by atoms with E-state index >= 15 is 0 Å². The van der Waals surface area contributed by atoms with Gasteiger partial charge in [0.15, 0.2) is 0 Å². The molecule has 1 atom stereocenters. The zero-order valence-electron chi connectivity index (χ0n) is 12.9. The van der Waals surface area contributed by atoms with Gasteiger partial charge in [-0.1, -0.05) is 29.8 Å². The first-order valence-electron chi connectivity index (χ1n) is 8.65. The number of nitrogens with one attached hydrogen (secondary N) is 1. The summed E-state index contributed by atoms with van der Waals surface area (Å²) in [6.45, 7) is 0. The van der Waals surface area contributed by atoms with Crippen molar-refractivity contribution in [2.45, 2.75) is 44.6 Å². The molecule has 1 aromatic rings. The van der Waals surface area contributed by atoms with Crippen molar-refractivity contribution < 1.29 is 0 Å². The third-order valence-electron chi connectivity index (χ3n) is 6.53. The first-order chi connectivity index (χ1) is 10.2. The number of halogens is 1. The normalized spacial score (nSPS) is 38.7. The van der Waals surface area contributed by atoms with Gasteiger partial charge in [-0.3, -0.25) is 0 Å². The van der Waals surface area contributed by atoms with E-state index in [4.69, 9.17) is 11.6 Å². The van der Waals surface area contributed by atoms with Gasteiger partial charge in [0.25, 0.3) is 0 Å². The number of hydrogen-bond acceptors (Lipinski definition) is 1. The minimum atomic E-state index is 0.597. The molecule has 0 aliphatic heterocycles. The number of likely N-dealkylation sites (N-methyl/N-ethyl adjacent to an activating group) is 1. The summed E-state index contributed by atoms with van der Waals surface area (Å²) in [4.78, 5) is 0. The number of rotatable bonds is 4. The van der Waals surface area contributed by atoms with Gasteiger partial charge in [-0.25, -0.2) is 0 Å². The second-order valence-corrected chi connectivity index (χ2v) is 8.11. The molecule has 4 saturated carbocycles. The average Bonchev–Trinajstić information content (AvgIpc) is 2.47. The van der Waals surface area contributed by atoms with E-state index in [1.54, 1.807) is 0 Å². The molecule has 0 saturated heterocycles. The highest BCUT2D eigenvalue weighted by atomic mass is 35.5. The van der Waals surface area contributed by atoms with E-state index in [1.807, 2.05) is 12.1 Å². The van der Waals surface area contributed by atoms with Crippen LogP contribution < -0.4 is 5.32 Å². The van der Waals surface area contributed by atoms with Gasteiger partial charge >= 0.3 is 0 Å². The maximum Gasteiger partial charge on any atom is 0.0438 e. The Labute approximate surface area is 133 Å². The van der Waals surface area contributed by atoms with Crippen molar-refractivity contribution in [2.75, 3.05) is 7.05 Å². The van der Waals surface area contributed by atoms with Crippen LogP contribution in [0.3, 0.4) is 0 Å². The molecule has 114 valence electrons. The molecule has 5 rings (SSSR count). The van der Waals surface area contributed by atoms with Crippen LogP contribution in [0.2, 0.25) is 5.02 Å². The third kappa shape index (κ3) is 2.53. The van der Waals surface area contributed by atoms with Gasteiger partial charge in [-0.2, -0.15) is 0 Å². The molecular formula is C19H26ClN. The lowest BCUT2D eigenvalue weighted by Crippen LogP contribution is -2.53. The number of hydrogen-bond donors (Lipinski definition) is 1. The van der Waals surface area contributed by atoms with Crippen molar-refractivity contribution in [1.29, 1.82) is 0 Å². The van der Waals surface area contributed by atoms with Crippen molar-refractivity contribution in [2.24, 2.45) is 29.6 Å². The van der Waals surface area contributed by atoms with Crippen molar-refractivity contribution in [3.63, 3.8) is 0 Å². The molecule has 0 spiro atoms. The van der Waals surface area contributed by atoms with Gasteiger partial charge in [-0.15, -0.1) is 0 Å². The Bertz CT molecular complexity index is 484. The summed E-state index contributed by atoms with van der Waals surface area (Å²) < 4.78 is 0. The molecule has 4 aliphatic carbocycles. The zero-order valence-corrected chi connectivity index (χ0v) is 13.7. The molecule has 0 heterocycles. The molecule has 1 N–H and O–H groups in total.